The Morgan fingerprint density at radius 2 is 1.75 bits per heavy atom. The van der Waals surface area contributed by atoms with Gasteiger partial charge in [0.1, 0.15) is 0 Å². The van der Waals surface area contributed by atoms with E-state index < -0.39 is 9.84 Å². The summed E-state index contributed by atoms with van der Waals surface area (Å²) in [5.74, 6) is 0.110. The second-order valence-corrected chi connectivity index (χ2v) is 9.85. The molecular weight excluding hydrogens is 398 g/mol. The molecule has 2 amide bonds. The van der Waals surface area contributed by atoms with Crippen LogP contribution in [-0.2, 0) is 16.4 Å². The number of nitrogens with one attached hydrogen (secondary N) is 1. The summed E-state index contributed by atoms with van der Waals surface area (Å²) in [5, 5.41) is 3.43. The number of carbonyl (C=O) groups is 1. The summed E-state index contributed by atoms with van der Waals surface area (Å²) in [4.78, 5) is 16.6. The quantitative estimate of drug-likeness (QED) is 0.800. The number of rotatable bonds is 5. The highest BCUT2D eigenvalue weighted by Gasteiger charge is 2.34. The third-order valence-electron chi connectivity index (χ3n) is 4.81. The smallest absolute Gasteiger partial charge is 0.322 e. The Hall–Kier alpha value is -2.25. The largest absolute Gasteiger partial charge is 0.378 e. The maximum absolute atomic E-state index is 13.0. The second kappa shape index (κ2) is 8.41. The van der Waals surface area contributed by atoms with Crippen molar-refractivity contribution in [1.29, 1.82) is 0 Å². The molecule has 0 radical (unpaired) electrons. The van der Waals surface area contributed by atoms with Gasteiger partial charge in [-0.1, -0.05) is 23.7 Å². The maximum Gasteiger partial charge on any atom is 0.322 e. The van der Waals surface area contributed by atoms with E-state index >= 15 is 0 Å². The normalized spacial score (nSPS) is 17.9. The summed E-state index contributed by atoms with van der Waals surface area (Å²) in [6.07, 6.45) is 0.451. The van der Waals surface area contributed by atoms with Crippen molar-refractivity contribution in [2.24, 2.45) is 0 Å². The van der Waals surface area contributed by atoms with Crippen LogP contribution in [0.15, 0.2) is 48.5 Å². The van der Waals surface area contributed by atoms with Crippen molar-refractivity contribution in [3.05, 3.63) is 59.1 Å². The fraction of sp³-hybridized carbons (Fsp3) is 0.350. The van der Waals surface area contributed by atoms with E-state index in [0.29, 0.717) is 23.7 Å². The monoisotopic (exact) mass is 421 g/mol. The van der Waals surface area contributed by atoms with Crippen LogP contribution in [0.3, 0.4) is 0 Å². The first kappa shape index (κ1) is 20.5. The van der Waals surface area contributed by atoms with E-state index in [1.54, 1.807) is 29.2 Å². The molecule has 150 valence electrons. The van der Waals surface area contributed by atoms with Gasteiger partial charge in [-0.2, -0.15) is 0 Å². The van der Waals surface area contributed by atoms with Crippen molar-refractivity contribution in [2.75, 3.05) is 35.8 Å². The van der Waals surface area contributed by atoms with Crippen molar-refractivity contribution < 1.29 is 13.2 Å². The van der Waals surface area contributed by atoms with E-state index in [-0.39, 0.29) is 23.6 Å². The molecule has 1 N–H and O–H groups in total. The summed E-state index contributed by atoms with van der Waals surface area (Å²) in [6.45, 7) is 0.341. The molecule has 1 atom stereocenters. The van der Waals surface area contributed by atoms with Crippen molar-refractivity contribution in [3.63, 3.8) is 0 Å². The van der Waals surface area contributed by atoms with Crippen LogP contribution in [0, 0.1) is 0 Å². The Balaban J connectivity index is 1.80. The highest BCUT2D eigenvalue weighted by molar-refractivity contribution is 7.91. The fourth-order valence-electron chi connectivity index (χ4n) is 3.21. The van der Waals surface area contributed by atoms with Gasteiger partial charge in [0.05, 0.1) is 11.5 Å². The molecule has 8 heteroatoms. The Morgan fingerprint density at radius 1 is 1.11 bits per heavy atom. The molecule has 1 fully saturated rings. The van der Waals surface area contributed by atoms with Gasteiger partial charge in [0.2, 0.25) is 0 Å². The number of anilines is 2. The summed E-state index contributed by atoms with van der Waals surface area (Å²) in [6, 6.07) is 14.1. The minimum atomic E-state index is -3.11. The van der Waals surface area contributed by atoms with Crippen LogP contribution in [-0.4, -0.2) is 51.0 Å². The first-order valence-electron chi connectivity index (χ1n) is 9.03. The summed E-state index contributed by atoms with van der Waals surface area (Å²) < 4.78 is 23.9. The topological polar surface area (TPSA) is 69.7 Å². The molecule has 28 heavy (non-hydrogen) atoms. The minimum absolute atomic E-state index is 0.00316. The molecule has 1 aliphatic rings. The number of carbonyl (C=O) groups excluding carboxylic acids is 1. The SMILES string of the molecule is CN(C)c1ccc(CN(C(=O)Nc2ccc(Cl)cc2)C2CCS(=O)(=O)C2)cc1. The molecule has 0 spiro atoms. The molecule has 1 heterocycles. The molecule has 1 unspecified atom stereocenters. The van der Waals surface area contributed by atoms with Gasteiger partial charge in [-0.05, 0) is 48.4 Å². The molecule has 0 saturated carbocycles. The van der Waals surface area contributed by atoms with Gasteiger partial charge in [0.15, 0.2) is 9.84 Å². The predicted octanol–water partition coefficient (Wildman–Crippen LogP) is 3.63. The first-order valence-corrected chi connectivity index (χ1v) is 11.2. The van der Waals surface area contributed by atoms with Gasteiger partial charge in [0.25, 0.3) is 0 Å². The van der Waals surface area contributed by atoms with E-state index in [4.69, 9.17) is 11.6 Å². The average Bonchev–Trinajstić information content (AvgIpc) is 3.01. The third-order valence-corrected chi connectivity index (χ3v) is 6.81. The van der Waals surface area contributed by atoms with Crippen molar-refractivity contribution in [3.8, 4) is 0 Å². The van der Waals surface area contributed by atoms with Gasteiger partial charge in [-0.25, -0.2) is 13.2 Å². The van der Waals surface area contributed by atoms with E-state index in [2.05, 4.69) is 5.32 Å². The highest BCUT2D eigenvalue weighted by Crippen LogP contribution is 2.23. The lowest BCUT2D eigenvalue weighted by atomic mass is 10.1. The summed E-state index contributed by atoms with van der Waals surface area (Å²) >= 11 is 5.89. The van der Waals surface area contributed by atoms with Gasteiger partial charge >= 0.3 is 6.03 Å². The lowest BCUT2D eigenvalue weighted by Gasteiger charge is -2.29. The van der Waals surface area contributed by atoms with Crippen LogP contribution in [0.2, 0.25) is 5.02 Å². The van der Waals surface area contributed by atoms with Crippen LogP contribution in [0.1, 0.15) is 12.0 Å². The molecule has 6 nitrogen and oxygen atoms in total. The minimum Gasteiger partial charge on any atom is -0.378 e. The zero-order valence-corrected chi connectivity index (χ0v) is 17.5. The Kier molecular flexibility index (Phi) is 6.15. The van der Waals surface area contributed by atoms with Gasteiger partial charge < -0.3 is 15.1 Å². The molecule has 1 saturated heterocycles. The van der Waals surface area contributed by atoms with Crippen LogP contribution in [0.5, 0.6) is 0 Å². The van der Waals surface area contributed by atoms with E-state index in [1.165, 1.54) is 0 Å². The average molecular weight is 422 g/mol. The van der Waals surface area contributed by atoms with Crippen molar-refractivity contribution in [2.45, 2.75) is 19.0 Å². The summed E-state index contributed by atoms with van der Waals surface area (Å²) in [7, 11) is 0.817. The van der Waals surface area contributed by atoms with E-state index in [1.807, 2.05) is 43.3 Å². The zero-order chi connectivity index (χ0) is 20.3. The Labute approximate surface area is 171 Å². The number of hydrogen-bond donors (Lipinski definition) is 1. The highest BCUT2D eigenvalue weighted by atomic mass is 35.5. The van der Waals surface area contributed by atoms with E-state index in [9.17, 15) is 13.2 Å². The molecule has 3 rings (SSSR count). The van der Waals surface area contributed by atoms with Crippen molar-refractivity contribution >= 4 is 38.8 Å². The Morgan fingerprint density at radius 3 is 2.29 bits per heavy atom. The summed E-state index contributed by atoms with van der Waals surface area (Å²) in [5.41, 5.74) is 2.62. The maximum atomic E-state index is 13.0. The van der Waals surface area contributed by atoms with Crippen LogP contribution in [0.4, 0.5) is 16.2 Å². The molecule has 0 aliphatic carbocycles. The lowest BCUT2D eigenvalue weighted by Crippen LogP contribution is -2.43. The van der Waals surface area contributed by atoms with Gasteiger partial charge in [0, 0.05) is 43.1 Å². The number of hydrogen-bond acceptors (Lipinski definition) is 4. The zero-order valence-electron chi connectivity index (χ0n) is 15.9. The van der Waals surface area contributed by atoms with Gasteiger partial charge in [-0.3, -0.25) is 0 Å². The third kappa shape index (κ3) is 5.17. The predicted molar refractivity (Wildman–Crippen MR) is 114 cm³/mol. The number of benzene rings is 2. The second-order valence-electron chi connectivity index (χ2n) is 7.18. The van der Waals surface area contributed by atoms with E-state index in [0.717, 1.165) is 11.3 Å². The van der Waals surface area contributed by atoms with Crippen LogP contribution in [0.25, 0.3) is 0 Å². The number of urea groups is 1. The lowest BCUT2D eigenvalue weighted by molar-refractivity contribution is 0.190. The molecule has 0 bridgehead atoms. The molecule has 0 aromatic heterocycles. The van der Waals surface area contributed by atoms with Crippen LogP contribution >= 0.6 is 11.6 Å². The molecule has 2 aromatic carbocycles. The number of nitrogens with zero attached hydrogens (tertiary/aromatic N) is 2. The van der Waals surface area contributed by atoms with Crippen molar-refractivity contribution in [1.82, 2.24) is 4.90 Å². The molecule has 1 aliphatic heterocycles. The number of halogens is 1. The molecular formula is C20H24ClN3O3S. The number of amides is 2. The fourth-order valence-corrected chi connectivity index (χ4v) is 5.07. The number of sulfone groups is 1. The Bertz CT molecular complexity index is 928. The first-order chi connectivity index (χ1) is 13.2. The standard InChI is InChI=1S/C20H24ClN3O3S/c1-23(2)18-9-3-15(4-10-18)13-24(19-11-12-28(26,27)14-19)20(25)22-17-7-5-16(21)6-8-17/h3-10,19H,11-14H2,1-2H3,(H,22,25). The van der Waals surface area contributed by atoms with Gasteiger partial charge in [-0.15, -0.1) is 0 Å². The molecule has 2 aromatic rings. The van der Waals surface area contributed by atoms with Crippen LogP contribution < -0.4 is 10.2 Å².